The maximum absolute atomic E-state index is 9.02. The third kappa shape index (κ3) is 3.10. The summed E-state index contributed by atoms with van der Waals surface area (Å²) in [5, 5.41) is 14.9. The molecule has 0 spiro atoms. The third-order valence-corrected chi connectivity index (χ3v) is 3.23. The van der Waals surface area contributed by atoms with Crippen molar-refractivity contribution in [2.24, 2.45) is 5.84 Å². The summed E-state index contributed by atoms with van der Waals surface area (Å²) >= 11 is 5.94. The summed E-state index contributed by atoms with van der Waals surface area (Å²) in [4.78, 5) is 0. The Kier molecular flexibility index (Phi) is 3.85. The summed E-state index contributed by atoms with van der Waals surface area (Å²) in [6.07, 6.45) is 1.96. The summed E-state index contributed by atoms with van der Waals surface area (Å²) in [5.41, 5.74) is 1.44. The number of rotatable bonds is 2. The molecule has 0 aromatic heterocycles. The van der Waals surface area contributed by atoms with Gasteiger partial charge in [-0.3, -0.25) is 5.84 Å². The summed E-state index contributed by atoms with van der Waals surface area (Å²) < 4.78 is 0. The summed E-state index contributed by atoms with van der Waals surface area (Å²) in [6.45, 7) is 1.75. The topological polar surface area (TPSA) is 65.1 Å². The Hall–Kier alpha value is -1.28. The quantitative estimate of drug-likeness (QED) is 0.788. The van der Waals surface area contributed by atoms with Crippen molar-refractivity contribution < 1.29 is 0 Å². The Morgan fingerprint density at radius 3 is 2.76 bits per heavy atom. The van der Waals surface area contributed by atoms with Crippen LogP contribution < -0.4 is 11.2 Å². The smallest absolute Gasteiger partial charge is 0.101 e. The largest absolute Gasteiger partial charge is 0.381 e. The zero-order valence-electron chi connectivity index (χ0n) is 9.49. The maximum Gasteiger partial charge on any atom is 0.101 e. The third-order valence-electron chi connectivity index (χ3n) is 2.99. The van der Waals surface area contributed by atoms with E-state index in [4.69, 9.17) is 22.7 Å². The molecule has 90 valence electrons. The fourth-order valence-corrected chi connectivity index (χ4v) is 2.17. The van der Waals surface area contributed by atoms with Crippen LogP contribution in [0.2, 0.25) is 5.02 Å². The van der Waals surface area contributed by atoms with Crippen molar-refractivity contribution in [2.75, 3.05) is 18.4 Å². The number of halogens is 1. The molecule has 0 unspecified atom stereocenters. The number of anilines is 1. The van der Waals surface area contributed by atoms with E-state index in [1.54, 1.807) is 18.2 Å². The molecular formula is C12H15ClN4. The van der Waals surface area contributed by atoms with Crippen LogP contribution in [0.25, 0.3) is 0 Å². The molecule has 17 heavy (non-hydrogen) atoms. The van der Waals surface area contributed by atoms with Crippen LogP contribution in [0.1, 0.15) is 18.4 Å². The second-order valence-electron chi connectivity index (χ2n) is 4.26. The van der Waals surface area contributed by atoms with Crippen molar-refractivity contribution in [2.45, 2.75) is 18.9 Å². The molecule has 0 bridgehead atoms. The van der Waals surface area contributed by atoms with Crippen LogP contribution >= 0.6 is 11.6 Å². The van der Waals surface area contributed by atoms with Gasteiger partial charge in [0.15, 0.2) is 0 Å². The lowest BCUT2D eigenvalue weighted by Gasteiger charge is -2.30. The zero-order valence-corrected chi connectivity index (χ0v) is 10.2. The van der Waals surface area contributed by atoms with E-state index in [1.807, 2.05) is 5.01 Å². The number of hydrogen-bond acceptors (Lipinski definition) is 4. The van der Waals surface area contributed by atoms with E-state index < -0.39 is 0 Å². The predicted molar refractivity (Wildman–Crippen MR) is 68.6 cm³/mol. The van der Waals surface area contributed by atoms with Crippen molar-refractivity contribution in [3.8, 4) is 6.07 Å². The van der Waals surface area contributed by atoms with Crippen LogP contribution in [0.3, 0.4) is 0 Å². The van der Waals surface area contributed by atoms with E-state index in [1.165, 1.54) is 0 Å². The van der Waals surface area contributed by atoms with Gasteiger partial charge in [-0.1, -0.05) is 11.6 Å². The van der Waals surface area contributed by atoms with Gasteiger partial charge in [0.2, 0.25) is 0 Å². The fraction of sp³-hybridized carbons (Fsp3) is 0.417. The molecule has 0 aliphatic carbocycles. The van der Waals surface area contributed by atoms with Gasteiger partial charge in [-0.2, -0.15) is 5.26 Å². The number of hydrogen-bond donors (Lipinski definition) is 2. The Bertz CT molecular complexity index is 433. The zero-order chi connectivity index (χ0) is 12.3. The van der Waals surface area contributed by atoms with Crippen LogP contribution in [0.5, 0.6) is 0 Å². The second kappa shape index (κ2) is 5.37. The molecule has 1 aromatic carbocycles. The van der Waals surface area contributed by atoms with Gasteiger partial charge in [-0.25, -0.2) is 5.01 Å². The number of piperidine rings is 1. The van der Waals surface area contributed by atoms with Gasteiger partial charge in [-0.05, 0) is 31.0 Å². The highest BCUT2D eigenvalue weighted by Crippen LogP contribution is 2.23. The lowest BCUT2D eigenvalue weighted by atomic mass is 10.0. The first kappa shape index (κ1) is 12.2. The van der Waals surface area contributed by atoms with Crippen LogP contribution in [-0.2, 0) is 0 Å². The van der Waals surface area contributed by atoms with E-state index >= 15 is 0 Å². The first-order chi connectivity index (χ1) is 8.19. The van der Waals surface area contributed by atoms with E-state index in [0.29, 0.717) is 16.6 Å². The van der Waals surface area contributed by atoms with E-state index in [2.05, 4.69) is 11.4 Å². The lowest BCUT2D eigenvalue weighted by Crippen LogP contribution is -2.42. The maximum atomic E-state index is 9.02. The minimum Gasteiger partial charge on any atom is -0.381 e. The highest BCUT2D eigenvalue weighted by atomic mass is 35.5. The van der Waals surface area contributed by atoms with Crippen LogP contribution in [0, 0.1) is 11.3 Å². The molecule has 1 heterocycles. The normalized spacial score (nSPS) is 17.7. The van der Waals surface area contributed by atoms with Gasteiger partial charge < -0.3 is 5.32 Å². The lowest BCUT2D eigenvalue weighted by molar-refractivity contribution is 0.224. The molecule has 0 radical (unpaired) electrons. The SMILES string of the molecule is N#Cc1ccc(Cl)cc1NC1CCN(N)CC1. The van der Waals surface area contributed by atoms with Crippen molar-refractivity contribution >= 4 is 17.3 Å². The average Bonchev–Trinajstić information content (AvgIpc) is 2.32. The first-order valence-electron chi connectivity index (χ1n) is 5.65. The van der Waals surface area contributed by atoms with Crippen LogP contribution in [0.4, 0.5) is 5.69 Å². The van der Waals surface area contributed by atoms with E-state index in [9.17, 15) is 0 Å². The van der Waals surface area contributed by atoms with Gasteiger partial charge in [0.1, 0.15) is 6.07 Å². The molecule has 0 atom stereocenters. The minimum atomic E-state index is 0.361. The molecular weight excluding hydrogens is 236 g/mol. The number of nitrogens with zero attached hydrogens (tertiary/aromatic N) is 2. The van der Waals surface area contributed by atoms with Crippen molar-refractivity contribution in [1.82, 2.24) is 5.01 Å². The highest BCUT2D eigenvalue weighted by Gasteiger charge is 2.17. The second-order valence-corrected chi connectivity index (χ2v) is 4.69. The summed E-state index contributed by atoms with van der Waals surface area (Å²) in [5.74, 6) is 5.70. The van der Waals surface area contributed by atoms with Crippen molar-refractivity contribution in [3.63, 3.8) is 0 Å². The van der Waals surface area contributed by atoms with Crippen molar-refractivity contribution in [3.05, 3.63) is 28.8 Å². The Morgan fingerprint density at radius 2 is 2.12 bits per heavy atom. The van der Waals surface area contributed by atoms with Gasteiger partial charge in [0.25, 0.3) is 0 Å². The van der Waals surface area contributed by atoms with Crippen molar-refractivity contribution in [1.29, 1.82) is 5.26 Å². The number of nitrogens with two attached hydrogens (primary N) is 1. The number of hydrazine groups is 1. The number of nitriles is 1. The van der Waals surface area contributed by atoms with E-state index in [0.717, 1.165) is 31.6 Å². The molecule has 3 N–H and O–H groups in total. The fourth-order valence-electron chi connectivity index (χ4n) is 2.00. The van der Waals surface area contributed by atoms with Gasteiger partial charge in [0, 0.05) is 24.2 Å². The minimum absolute atomic E-state index is 0.361. The standard InChI is InChI=1S/C12H15ClN4/c13-10-2-1-9(8-14)12(7-10)16-11-3-5-17(15)6-4-11/h1-2,7,11,16H,3-6,15H2. The molecule has 1 saturated heterocycles. The Morgan fingerprint density at radius 1 is 1.41 bits per heavy atom. The molecule has 1 aliphatic heterocycles. The average molecular weight is 251 g/mol. The molecule has 1 aliphatic rings. The van der Waals surface area contributed by atoms with Crippen LogP contribution in [0.15, 0.2) is 18.2 Å². The molecule has 5 heteroatoms. The molecule has 2 rings (SSSR count). The molecule has 0 saturated carbocycles. The van der Waals surface area contributed by atoms with Gasteiger partial charge in [-0.15, -0.1) is 0 Å². The number of nitrogens with one attached hydrogen (secondary N) is 1. The summed E-state index contributed by atoms with van der Waals surface area (Å²) in [7, 11) is 0. The Balaban J connectivity index is 2.08. The molecule has 0 amide bonds. The molecule has 1 aromatic rings. The highest BCUT2D eigenvalue weighted by molar-refractivity contribution is 6.30. The predicted octanol–water partition coefficient (Wildman–Crippen LogP) is 1.96. The van der Waals surface area contributed by atoms with Crippen LogP contribution in [-0.4, -0.2) is 24.1 Å². The van der Waals surface area contributed by atoms with E-state index in [-0.39, 0.29) is 0 Å². The Labute approximate surface area is 106 Å². The first-order valence-corrected chi connectivity index (χ1v) is 6.02. The molecule has 1 fully saturated rings. The van der Waals surface area contributed by atoms with Gasteiger partial charge >= 0.3 is 0 Å². The number of benzene rings is 1. The monoisotopic (exact) mass is 250 g/mol. The summed E-state index contributed by atoms with van der Waals surface area (Å²) in [6, 6.07) is 7.80. The molecule has 4 nitrogen and oxygen atoms in total. The van der Waals surface area contributed by atoms with Gasteiger partial charge in [0.05, 0.1) is 11.3 Å².